The molecule has 0 aromatic heterocycles. The van der Waals surface area contributed by atoms with Gasteiger partial charge in [0.2, 0.25) is 0 Å². The molecule has 0 unspecified atom stereocenters. The molecular formula is C19H22O. The number of rotatable bonds is 3. The molecule has 0 aliphatic heterocycles. The summed E-state index contributed by atoms with van der Waals surface area (Å²) in [7, 11) is 0. The molecule has 104 valence electrons. The summed E-state index contributed by atoms with van der Waals surface area (Å²) < 4.78 is 0. The Bertz CT molecular complexity index is 505. The summed E-state index contributed by atoms with van der Waals surface area (Å²) in [6.45, 7) is 2.00. The lowest BCUT2D eigenvalue weighted by Gasteiger charge is -2.33. The van der Waals surface area contributed by atoms with Crippen molar-refractivity contribution in [1.82, 2.24) is 0 Å². The van der Waals surface area contributed by atoms with Gasteiger partial charge in [-0.1, -0.05) is 67.1 Å². The molecule has 1 aliphatic rings. The summed E-state index contributed by atoms with van der Waals surface area (Å²) in [5.41, 5.74) is 2.06. The molecule has 0 spiro atoms. The van der Waals surface area contributed by atoms with Crippen LogP contribution in [0.4, 0.5) is 0 Å². The second-order valence-corrected chi connectivity index (χ2v) is 6.15. The van der Waals surface area contributed by atoms with Gasteiger partial charge in [0, 0.05) is 5.92 Å². The molecule has 0 bridgehead atoms. The second-order valence-electron chi connectivity index (χ2n) is 6.15. The fourth-order valence-corrected chi connectivity index (χ4v) is 3.68. The average Bonchev–Trinajstić information content (AvgIpc) is 2.81. The molecular weight excluding hydrogens is 244 g/mol. The number of hydrogen-bond acceptors (Lipinski definition) is 1. The van der Waals surface area contributed by atoms with Crippen molar-refractivity contribution in [3.63, 3.8) is 0 Å². The first kappa shape index (κ1) is 13.4. The van der Waals surface area contributed by atoms with Crippen LogP contribution in [0.5, 0.6) is 0 Å². The lowest BCUT2D eigenvalue weighted by atomic mass is 9.74. The second kappa shape index (κ2) is 5.41. The third-order valence-electron chi connectivity index (χ3n) is 4.72. The van der Waals surface area contributed by atoms with Crippen LogP contribution in [0.3, 0.4) is 0 Å². The maximum absolute atomic E-state index is 10.7. The lowest BCUT2D eigenvalue weighted by Crippen LogP contribution is -2.33. The first-order valence-corrected chi connectivity index (χ1v) is 7.51. The van der Waals surface area contributed by atoms with E-state index in [0.29, 0.717) is 5.92 Å². The van der Waals surface area contributed by atoms with E-state index in [-0.39, 0.29) is 5.92 Å². The van der Waals surface area contributed by atoms with E-state index in [4.69, 9.17) is 0 Å². The van der Waals surface area contributed by atoms with Crippen molar-refractivity contribution in [1.29, 1.82) is 0 Å². The molecule has 0 heterocycles. The topological polar surface area (TPSA) is 20.2 Å². The van der Waals surface area contributed by atoms with Crippen LogP contribution >= 0.6 is 0 Å². The fraction of sp³-hybridized carbons (Fsp3) is 0.368. The molecule has 1 fully saturated rings. The Balaban J connectivity index is 2.05. The van der Waals surface area contributed by atoms with Crippen molar-refractivity contribution >= 4 is 0 Å². The highest BCUT2D eigenvalue weighted by atomic mass is 16.3. The summed E-state index contributed by atoms with van der Waals surface area (Å²) in [4.78, 5) is 0. The highest BCUT2D eigenvalue weighted by Gasteiger charge is 2.42. The zero-order chi connectivity index (χ0) is 14.0. The monoisotopic (exact) mass is 266 g/mol. The molecule has 2 aromatic rings. The summed E-state index contributed by atoms with van der Waals surface area (Å²) in [6.07, 6.45) is 3.13. The standard InChI is InChI=1S/C19H22O/c1-19(20)14-8-13-17(19)18(15-9-4-2-5-10-15)16-11-6-3-7-12-16/h2-7,9-12,17-18,20H,8,13-14H2,1H3/t17-,19+/m1/s1. The maximum atomic E-state index is 10.7. The molecule has 1 saturated carbocycles. The quantitative estimate of drug-likeness (QED) is 0.874. The summed E-state index contributed by atoms with van der Waals surface area (Å²) in [5, 5.41) is 10.7. The van der Waals surface area contributed by atoms with Crippen molar-refractivity contribution in [3.8, 4) is 0 Å². The summed E-state index contributed by atoms with van der Waals surface area (Å²) in [6, 6.07) is 21.2. The number of aliphatic hydroxyl groups is 1. The van der Waals surface area contributed by atoms with E-state index in [1.165, 1.54) is 11.1 Å². The Kier molecular flexibility index (Phi) is 3.62. The predicted molar refractivity (Wildman–Crippen MR) is 82.7 cm³/mol. The highest BCUT2D eigenvalue weighted by Crippen LogP contribution is 2.46. The van der Waals surface area contributed by atoms with Crippen LogP contribution in [-0.4, -0.2) is 10.7 Å². The molecule has 0 amide bonds. The Labute approximate surface area is 121 Å². The van der Waals surface area contributed by atoms with Gasteiger partial charge in [-0.2, -0.15) is 0 Å². The molecule has 20 heavy (non-hydrogen) atoms. The molecule has 0 saturated heterocycles. The van der Waals surface area contributed by atoms with Crippen LogP contribution in [0.25, 0.3) is 0 Å². The van der Waals surface area contributed by atoms with Crippen molar-refractivity contribution in [3.05, 3.63) is 71.8 Å². The van der Waals surface area contributed by atoms with E-state index >= 15 is 0 Å². The van der Waals surface area contributed by atoms with Gasteiger partial charge in [-0.15, -0.1) is 0 Å². The van der Waals surface area contributed by atoms with Gasteiger partial charge < -0.3 is 5.11 Å². The van der Waals surface area contributed by atoms with Crippen molar-refractivity contribution in [2.45, 2.75) is 37.7 Å². The molecule has 1 nitrogen and oxygen atoms in total. The number of hydrogen-bond donors (Lipinski definition) is 1. The van der Waals surface area contributed by atoms with Gasteiger partial charge in [0.15, 0.2) is 0 Å². The molecule has 0 radical (unpaired) electrons. The van der Waals surface area contributed by atoms with Gasteiger partial charge in [0.1, 0.15) is 0 Å². The summed E-state index contributed by atoms with van der Waals surface area (Å²) in [5.74, 6) is 0.585. The average molecular weight is 266 g/mol. The van der Waals surface area contributed by atoms with Crippen LogP contribution in [0, 0.1) is 5.92 Å². The van der Waals surface area contributed by atoms with E-state index in [1.807, 2.05) is 6.92 Å². The van der Waals surface area contributed by atoms with Crippen LogP contribution in [0.15, 0.2) is 60.7 Å². The summed E-state index contributed by atoms with van der Waals surface area (Å²) >= 11 is 0. The van der Waals surface area contributed by atoms with Crippen LogP contribution in [0.2, 0.25) is 0 Å². The van der Waals surface area contributed by atoms with Crippen LogP contribution in [-0.2, 0) is 0 Å². The molecule has 2 atom stereocenters. The largest absolute Gasteiger partial charge is 0.390 e. The molecule has 1 heteroatoms. The van der Waals surface area contributed by atoms with Gasteiger partial charge >= 0.3 is 0 Å². The van der Waals surface area contributed by atoms with Crippen molar-refractivity contribution in [2.24, 2.45) is 5.92 Å². The minimum absolute atomic E-state index is 0.287. The third-order valence-corrected chi connectivity index (χ3v) is 4.72. The van der Waals surface area contributed by atoms with E-state index in [0.717, 1.165) is 19.3 Å². The smallest absolute Gasteiger partial charge is 0.0656 e. The first-order chi connectivity index (χ1) is 9.68. The molecule has 1 N–H and O–H groups in total. The maximum Gasteiger partial charge on any atom is 0.0656 e. The van der Waals surface area contributed by atoms with Crippen LogP contribution < -0.4 is 0 Å². The predicted octanol–water partition coefficient (Wildman–Crippen LogP) is 4.37. The van der Waals surface area contributed by atoms with Gasteiger partial charge in [-0.05, 0) is 36.8 Å². The van der Waals surface area contributed by atoms with Gasteiger partial charge in [0.05, 0.1) is 5.60 Å². The number of benzene rings is 2. The zero-order valence-corrected chi connectivity index (χ0v) is 12.0. The van der Waals surface area contributed by atoms with Gasteiger partial charge in [-0.25, -0.2) is 0 Å². The van der Waals surface area contributed by atoms with Gasteiger partial charge in [0.25, 0.3) is 0 Å². The molecule has 2 aromatic carbocycles. The highest BCUT2D eigenvalue weighted by molar-refractivity contribution is 5.34. The van der Waals surface area contributed by atoms with Crippen LogP contribution in [0.1, 0.15) is 43.2 Å². The van der Waals surface area contributed by atoms with Crippen molar-refractivity contribution in [2.75, 3.05) is 0 Å². The van der Waals surface area contributed by atoms with E-state index < -0.39 is 5.60 Å². The first-order valence-electron chi connectivity index (χ1n) is 7.51. The van der Waals surface area contributed by atoms with E-state index in [2.05, 4.69) is 60.7 Å². The Morgan fingerprint density at radius 3 is 1.85 bits per heavy atom. The zero-order valence-electron chi connectivity index (χ0n) is 12.0. The van der Waals surface area contributed by atoms with Crippen molar-refractivity contribution < 1.29 is 5.11 Å². The Morgan fingerprint density at radius 1 is 0.950 bits per heavy atom. The fourth-order valence-electron chi connectivity index (χ4n) is 3.68. The Hall–Kier alpha value is -1.60. The Morgan fingerprint density at radius 2 is 1.45 bits per heavy atom. The lowest BCUT2D eigenvalue weighted by molar-refractivity contribution is 0.0148. The third kappa shape index (κ3) is 2.51. The molecule has 1 aliphatic carbocycles. The van der Waals surface area contributed by atoms with E-state index in [1.54, 1.807) is 0 Å². The van der Waals surface area contributed by atoms with E-state index in [9.17, 15) is 5.11 Å². The minimum atomic E-state index is -0.559. The van der Waals surface area contributed by atoms with Gasteiger partial charge in [-0.3, -0.25) is 0 Å². The minimum Gasteiger partial charge on any atom is -0.390 e. The normalized spacial score (nSPS) is 26.1. The molecule has 3 rings (SSSR count). The SMILES string of the molecule is C[C@]1(O)CCC[C@@H]1C(c1ccccc1)c1ccccc1.